The molecule has 37 heavy (non-hydrogen) atoms. The molecule has 1 saturated heterocycles. The van der Waals surface area contributed by atoms with Gasteiger partial charge in [0.2, 0.25) is 0 Å². The number of carboxylic acids is 1. The number of hydrogen-bond donors (Lipinski definition) is 2. The van der Waals surface area contributed by atoms with Crippen molar-refractivity contribution in [3.8, 4) is 11.1 Å². The van der Waals surface area contributed by atoms with Gasteiger partial charge in [-0.1, -0.05) is 48.5 Å². The van der Waals surface area contributed by atoms with Crippen LogP contribution in [0, 0.1) is 20.8 Å². The topological polar surface area (TPSA) is 70.1 Å². The molecule has 0 radical (unpaired) electrons. The van der Waals surface area contributed by atoms with E-state index in [1.807, 2.05) is 45.0 Å². The first-order chi connectivity index (χ1) is 17.8. The van der Waals surface area contributed by atoms with E-state index in [0.717, 1.165) is 32.8 Å². The van der Waals surface area contributed by atoms with Crippen molar-refractivity contribution in [1.82, 2.24) is 4.90 Å². The third kappa shape index (κ3) is 4.57. The number of anilines is 1. The van der Waals surface area contributed by atoms with Gasteiger partial charge >= 0.3 is 12.1 Å². The summed E-state index contributed by atoms with van der Waals surface area (Å²) in [7, 11) is 0. The number of ether oxygens (including phenoxy) is 1. The van der Waals surface area contributed by atoms with Crippen molar-refractivity contribution in [3.05, 3.63) is 81.9 Å². The Labute approximate surface area is 223 Å². The van der Waals surface area contributed by atoms with Crippen LogP contribution in [-0.4, -0.2) is 54.9 Å². The van der Waals surface area contributed by atoms with Gasteiger partial charge in [-0.25, -0.2) is 4.79 Å². The fourth-order valence-corrected chi connectivity index (χ4v) is 6.17. The molecule has 2 aliphatic rings. The van der Waals surface area contributed by atoms with Crippen LogP contribution in [0.4, 0.5) is 10.5 Å². The zero-order valence-corrected chi connectivity index (χ0v) is 22.3. The smallest absolute Gasteiger partial charge is 0.409 e. The van der Waals surface area contributed by atoms with Crippen LogP contribution in [0.15, 0.2) is 53.4 Å². The molecule has 192 valence electrons. The Morgan fingerprint density at radius 3 is 2.03 bits per heavy atom. The number of carbonyl (C=O) groups excluding carboxylic acids is 1. The molecule has 1 N–H and O–H groups in total. The highest BCUT2D eigenvalue weighted by Gasteiger charge is 2.31. The van der Waals surface area contributed by atoms with E-state index >= 15 is 0 Å². The van der Waals surface area contributed by atoms with E-state index in [9.17, 15) is 14.7 Å². The Morgan fingerprint density at radius 2 is 1.46 bits per heavy atom. The van der Waals surface area contributed by atoms with Gasteiger partial charge in [0.05, 0.1) is 6.42 Å². The maximum absolute atomic E-state index is 13.0. The summed E-state index contributed by atoms with van der Waals surface area (Å²) in [6.07, 6.45) is -0.321. The van der Waals surface area contributed by atoms with Crippen molar-refractivity contribution in [3.63, 3.8) is 0 Å². The molecule has 0 bridgehead atoms. The van der Waals surface area contributed by atoms with Crippen LogP contribution in [0.1, 0.15) is 39.3 Å². The minimum Gasteiger partial charge on any atom is -0.481 e. The van der Waals surface area contributed by atoms with Crippen LogP contribution >= 0.6 is 12.6 Å². The van der Waals surface area contributed by atoms with E-state index in [0.29, 0.717) is 32.8 Å². The second-order valence-corrected chi connectivity index (χ2v) is 10.3. The largest absolute Gasteiger partial charge is 0.481 e. The van der Waals surface area contributed by atoms with Crippen molar-refractivity contribution < 1.29 is 19.4 Å². The predicted molar refractivity (Wildman–Crippen MR) is 148 cm³/mol. The molecule has 1 fully saturated rings. The summed E-state index contributed by atoms with van der Waals surface area (Å²) in [5, 5.41) is 9.41. The van der Waals surface area contributed by atoms with Gasteiger partial charge in [-0.2, -0.15) is 0 Å². The molecule has 0 unspecified atom stereocenters. The van der Waals surface area contributed by atoms with Gasteiger partial charge in [-0.3, -0.25) is 4.79 Å². The number of piperazine rings is 1. The first-order valence-corrected chi connectivity index (χ1v) is 13.1. The summed E-state index contributed by atoms with van der Waals surface area (Å²) in [4.78, 5) is 29.3. The van der Waals surface area contributed by atoms with Crippen molar-refractivity contribution >= 4 is 30.4 Å². The number of hydrogen-bond acceptors (Lipinski definition) is 5. The van der Waals surface area contributed by atoms with Crippen molar-refractivity contribution in [2.24, 2.45) is 0 Å². The Hall–Kier alpha value is -3.45. The van der Waals surface area contributed by atoms with E-state index in [-0.39, 0.29) is 18.4 Å². The number of rotatable bonds is 5. The predicted octanol–water partition coefficient (Wildman–Crippen LogP) is 5.60. The molecule has 3 aromatic rings. The van der Waals surface area contributed by atoms with Gasteiger partial charge in [0, 0.05) is 42.7 Å². The van der Waals surface area contributed by atoms with Gasteiger partial charge in [-0.05, 0) is 65.3 Å². The number of fused-ring (bicyclic) bond motifs is 3. The van der Waals surface area contributed by atoms with Crippen LogP contribution in [0.25, 0.3) is 11.1 Å². The maximum Gasteiger partial charge on any atom is 0.409 e. The molecule has 6 nitrogen and oxygen atoms in total. The number of amides is 1. The second kappa shape index (κ2) is 10.1. The molecule has 0 saturated carbocycles. The van der Waals surface area contributed by atoms with Gasteiger partial charge in [0.15, 0.2) is 0 Å². The summed E-state index contributed by atoms with van der Waals surface area (Å²) >= 11 is 4.70. The summed E-state index contributed by atoms with van der Waals surface area (Å²) in [5.74, 6) is -0.814. The highest BCUT2D eigenvalue weighted by Crippen LogP contribution is 2.44. The number of carbonyl (C=O) groups is 2. The van der Waals surface area contributed by atoms with Crippen LogP contribution in [0.2, 0.25) is 0 Å². The lowest BCUT2D eigenvalue weighted by Gasteiger charge is -2.38. The summed E-state index contributed by atoms with van der Waals surface area (Å²) in [6, 6.07) is 16.6. The molecule has 1 aliphatic carbocycles. The highest BCUT2D eigenvalue weighted by molar-refractivity contribution is 7.80. The minimum absolute atomic E-state index is 0.0295. The van der Waals surface area contributed by atoms with E-state index in [2.05, 4.69) is 29.2 Å². The van der Waals surface area contributed by atoms with E-state index in [1.165, 1.54) is 22.3 Å². The average Bonchev–Trinajstić information content (AvgIpc) is 3.22. The number of carboxylic acid groups (broad SMARTS) is 1. The zero-order chi connectivity index (χ0) is 26.3. The fourth-order valence-electron chi connectivity index (χ4n) is 5.93. The summed E-state index contributed by atoms with van der Waals surface area (Å²) in [5.41, 5.74) is 9.60. The van der Waals surface area contributed by atoms with Gasteiger partial charge < -0.3 is 19.6 Å². The maximum atomic E-state index is 13.0. The van der Waals surface area contributed by atoms with Crippen molar-refractivity contribution in [2.45, 2.75) is 38.0 Å². The Balaban J connectivity index is 1.26. The molecular formula is C30H32N2O4S. The van der Waals surface area contributed by atoms with Crippen LogP contribution in [0.3, 0.4) is 0 Å². The standard InChI is InChI=1S/C30H32N2O4S/c1-18-25(16-27(33)34)19(2)29(37)20(3)28(18)31-12-14-32(15-13-31)30(35)36-17-26-23-10-6-4-8-21(23)22-9-5-7-11-24(22)26/h4-11,26,37H,12-17H2,1-3H3,(H,33,34). The molecule has 3 aromatic carbocycles. The lowest BCUT2D eigenvalue weighted by atomic mass is 9.94. The normalized spacial score (nSPS) is 14.9. The average molecular weight is 517 g/mol. The van der Waals surface area contributed by atoms with Gasteiger partial charge in [-0.15, -0.1) is 12.6 Å². The van der Waals surface area contributed by atoms with Crippen LogP contribution in [0.5, 0.6) is 0 Å². The molecule has 0 atom stereocenters. The van der Waals surface area contributed by atoms with Gasteiger partial charge in [0.25, 0.3) is 0 Å². The Kier molecular flexibility index (Phi) is 6.90. The van der Waals surface area contributed by atoms with E-state index in [4.69, 9.17) is 17.4 Å². The number of benzene rings is 3. The monoisotopic (exact) mass is 516 g/mol. The first-order valence-electron chi connectivity index (χ1n) is 12.7. The SMILES string of the molecule is Cc1c(S)c(C)c(N2CCN(C(=O)OCC3c4ccccc4-c4ccccc43)CC2)c(C)c1CC(=O)O. The van der Waals surface area contributed by atoms with Crippen LogP contribution < -0.4 is 4.90 Å². The minimum atomic E-state index is -0.853. The summed E-state index contributed by atoms with van der Waals surface area (Å²) in [6.45, 7) is 8.63. The lowest BCUT2D eigenvalue weighted by molar-refractivity contribution is -0.136. The molecule has 0 aromatic heterocycles. The van der Waals surface area contributed by atoms with E-state index in [1.54, 1.807) is 4.90 Å². The quantitative estimate of drug-likeness (QED) is 0.432. The number of aliphatic carboxylic acids is 1. The fraction of sp³-hybridized carbons (Fsp3) is 0.333. The highest BCUT2D eigenvalue weighted by atomic mass is 32.1. The Morgan fingerprint density at radius 1 is 0.892 bits per heavy atom. The summed E-state index contributed by atoms with van der Waals surface area (Å²) < 4.78 is 5.86. The lowest BCUT2D eigenvalue weighted by Crippen LogP contribution is -2.49. The molecule has 0 spiro atoms. The molecule has 1 aliphatic heterocycles. The zero-order valence-electron chi connectivity index (χ0n) is 21.5. The number of nitrogens with zero attached hydrogens (tertiary/aromatic N) is 2. The van der Waals surface area contributed by atoms with Crippen molar-refractivity contribution in [2.75, 3.05) is 37.7 Å². The van der Waals surface area contributed by atoms with E-state index < -0.39 is 5.97 Å². The van der Waals surface area contributed by atoms with Crippen LogP contribution in [-0.2, 0) is 16.0 Å². The molecular weight excluding hydrogens is 484 g/mol. The Bertz CT molecular complexity index is 1330. The molecule has 1 heterocycles. The molecule has 1 amide bonds. The third-order valence-electron chi connectivity index (χ3n) is 7.84. The molecule has 7 heteroatoms. The first kappa shape index (κ1) is 25.2. The third-order valence-corrected chi connectivity index (χ3v) is 8.52. The van der Waals surface area contributed by atoms with Gasteiger partial charge in [0.1, 0.15) is 6.61 Å². The second-order valence-electron chi connectivity index (χ2n) is 9.90. The van der Waals surface area contributed by atoms with Crippen molar-refractivity contribution in [1.29, 1.82) is 0 Å². The molecule has 5 rings (SSSR count). The number of thiol groups is 1.